The Kier molecular flexibility index (Phi) is 3.96. The Bertz CT molecular complexity index is 1130. The normalized spacial score (nSPS) is 10.9. The molecule has 0 aliphatic carbocycles. The zero-order valence-electron chi connectivity index (χ0n) is 13.8. The Balaban J connectivity index is 2.06. The van der Waals surface area contributed by atoms with Gasteiger partial charge >= 0.3 is 5.69 Å². The fourth-order valence-corrected chi connectivity index (χ4v) is 2.57. The SMILES string of the molecule is Cc1ccc(F)cc1C(=O)Nc1cnc2c(c1)c(=O)n(C)c(=O)n2C. The molecule has 0 spiro atoms. The first-order chi connectivity index (χ1) is 11.8. The van der Waals surface area contributed by atoms with Gasteiger partial charge in [-0.3, -0.25) is 18.7 Å². The van der Waals surface area contributed by atoms with E-state index in [0.29, 0.717) is 5.56 Å². The highest BCUT2D eigenvalue weighted by atomic mass is 19.1. The Labute approximate surface area is 141 Å². The first kappa shape index (κ1) is 16.6. The van der Waals surface area contributed by atoms with Gasteiger partial charge in [-0.25, -0.2) is 14.2 Å². The summed E-state index contributed by atoms with van der Waals surface area (Å²) in [4.78, 5) is 40.6. The van der Waals surface area contributed by atoms with Crippen LogP contribution in [-0.2, 0) is 14.1 Å². The third kappa shape index (κ3) is 2.82. The van der Waals surface area contributed by atoms with Crippen LogP contribution in [0.15, 0.2) is 40.1 Å². The molecule has 0 saturated heterocycles. The summed E-state index contributed by atoms with van der Waals surface area (Å²) in [6.45, 7) is 1.69. The van der Waals surface area contributed by atoms with Crippen LogP contribution in [0.5, 0.6) is 0 Å². The summed E-state index contributed by atoms with van der Waals surface area (Å²) in [5.41, 5.74) is 0.296. The van der Waals surface area contributed by atoms with Crippen LogP contribution >= 0.6 is 0 Å². The fraction of sp³-hybridized carbons (Fsp3) is 0.176. The van der Waals surface area contributed by atoms with Crippen molar-refractivity contribution in [1.29, 1.82) is 0 Å². The lowest BCUT2D eigenvalue weighted by Crippen LogP contribution is -2.37. The van der Waals surface area contributed by atoms with Gasteiger partial charge in [-0.1, -0.05) is 6.07 Å². The monoisotopic (exact) mass is 342 g/mol. The van der Waals surface area contributed by atoms with Crippen molar-refractivity contribution in [1.82, 2.24) is 14.1 Å². The molecule has 2 aromatic heterocycles. The number of fused-ring (bicyclic) bond motifs is 1. The van der Waals surface area contributed by atoms with Crippen LogP contribution in [0, 0.1) is 12.7 Å². The van der Waals surface area contributed by atoms with Crippen LogP contribution in [0.1, 0.15) is 15.9 Å². The summed E-state index contributed by atoms with van der Waals surface area (Å²) >= 11 is 0. The van der Waals surface area contributed by atoms with E-state index in [4.69, 9.17) is 0 Å². The standard InChI is InChI=1S/C17H15FN4O3/c1-9-4-5-10(18)6-12(9)15(23)20-11-7-13-14(19-8-11)21(2)17(25)22(3)16(13)24/h4-8H,1-3H3,(H,20,23). The third-order valence-electron chi connectivity index (χ3n) is 4.00. The van der Waals surface area contributed by atoms with Gasteiger partial charge in [-0.2, -0.15) is 0 Å². The number of aryl methyl sites for hydroxylation is 2. The summed E-state index contributed by atoms with van der Waals surface area (Å²) in [7, 11) is 2.87. The first-order valence-corrected chi connectivity index (χ1v) is 7.43. The summed E-state index contributed by atoms with van der Waals surface area (Å²) < 4.78 is 15.6. The van der Waals surface area contributed by atoms with E-state index in [1.165, 1.54) is 43.1 Å². The van der Waals surface area contributed by atoms with Crippen molar-refractivity contribution >= 4 is 22.6 Å². The van der Waals surface area contributed by atoms with Gasteiger partial charge in [-0.15, -0.1) is 0 Å². The maximum atomic E-state index is 13.4. The van der Waals surface area contributed by atoms with Gasteiger partial charge in [0, 0.05) is 19.7 Å². The Morgan fingerprint density at radius 2 is 1.88 bits per heavy atom. The van der Waals surface area contributed by atoms with E-state index in [1.807, 2.05) is 0 Å². The third-order valence-corrected chi connectivity index (χ3v) is 4.00. The van der Waals surface area contributed by atoms with Crippen molar-refractivity contribution in [3.05, 3.63) is 68.2 Å². The molecular formula is C17H15FN4O3. The number of pyridine rings is 1. The van der Waals surface area contributed by atoms with Crippen LogP contribution in [0.25, 0.3) is 11.0 Å². The minimum Gasteiger partial charge on any atom is -0.321 e. The Morgan fingerprint density at radius 3 is 2.60 bits per heavy atom. The molecule has 0 atom stereocenters. The number of nitrogens with one attached hydrogen (secondary N) is 1. The van der Waals surface area contributed by atoms with Gasteiger partial charge in [0.25, 0.3) is 11.5 Å². The maximum Gasteiger partial charge on any atom is 0.332 e. The number of amides is 1. The highest BCUT2D eigenvalue weighted by Gasteiger charge is 2.14. The predicted molar refractivity (Wildman–Crippen MR) is 91.3 cm³/mol. The van der Waals surface area contributed by atoms with Gasteiger partial charge < -0.3 is 5.32 Å². The number of benzene rings is 1. The number of nitrogens with zero attached hydrogens (tertiary/aromatic N) is 3. The average Bonchev–Trinajstić information content (AvgIpc) is 2.60. The molecule has 0 unspecified atom stereocenters. The maximum absolute atomic E-state index is 13.4. The lowest BCUT2D eigenvalue weighted by molar-refractivity contribution is 0.102. The quantitative estimate of drug-likeness (QED) is 0.761. The Hall–Kier alpha value is -3.29. The number of anilines is 1. The lowest BCUT2D eigenvalue weighted by atomic mass is 10.1. The van der Waals surface area contributed by atoms with Crippen LogP contribution in [0.4, 0.5) is 10.1 Å². The van der Waals surface area contributed by atoms with E-state index in [1.54, 1.807) is 6.92 Å². The highest BCUT2D eigenvalue weighted by molar-refractivity contribution is 6.05. The summed E-state index contributed by atoms with van der Waals surface area (Å²) in [5.74, 6) is -1.03. The molecule has 8 heteroatoms. The fourth-order valence-electron chi connectivity index (χ4n) is 2.57. The molecule has 1 aromatic carbocycles. The molecule has 0 saturated carbocycles. The zero-order chi connectivity index (χ0) is 18.3. The van der Waals surface area contributed by atoms with Crippen molar-refractivity contribution < 1.29 is 9.18 Å². The van der Waals surface area contributed by atoms with Gasteiger partial charge in [0.05, 0.1) is 17.3 Å². The number of carbonyl (C=O) groups excluding carboxylic acids is 1. The number of hydrogen-bond acceptors (Lipinski definition) is 4. The second kappa shape index (κ2) is 5.97. The molecule has 1 amide bonds. The number of halogens is 1. The second-order valence-corrected chi connectivity index (χ2v) is 5.71. The van der Waals surface area contributed by atoms with Gasteiger partial charge in [0.15, 0.2) is 0 Å². The van der Waals surface area contributed by atoms with E-state index in [0.717, 1.165) is 10.6 Å². The van der Waals surface area contributed by atoms with Crippen molar-refractivity contribution in [2.75, 3.05) is 5.32 Å². The van der Waals surface area contributed by atoms with E-state index in [9.17, 15) is 18.8 Å². The second-order valence-electron chi connectivity index (χ2n) is 5.71. The van der Waals surface area contributed by atoms with Crippen LogP contribution < -0.4 is 16.6 Å². The summed E-state index contributed by atoms with van der Waals surface area (Å²) in [5, 5.41) is 2.79. The molecule has 0 aliphatic rings. The predicted octanol–water partition coefficient (Wildman–Crippen LogP) is 1.33. The molecule has 0 radical (unpaired) electrons. The molecule has 128 valence electrons. The zero-order valence-corrected chi connectivity index (χ0v) is 13.8. The average molecular weight is 342 g/mol. The first-order valence-electron chi connectivity index (χ1n) is 7.43. The lowest BCUT2D eigenvalue weighted by Gasteiger charge is -2.10. The molecule has 0 fully saturated rings. The van der Waals surface area contributed by atoms with E-state index < -0.39 is 23.0 Å². The van der Waals surface area contributed by atoms with E-state index in [-0.39, 0.29) is 22.3 Å². The molecule has 3 aromatic rings. The number of hydrogen-bond donors (Lipinski definition) is 1. The van der Waals surface area contributed by atoms with Crippen molar-refractivity contribution in [2.24, 2.45) is 14.1 Å². The Morgan fingerprint density at radius 1 is 1.16 bits per heavy atom. The molecule has 0 aliphatic heterocycles. The van der Waals surface area contributed by atoms with Gasteiger partial charge in [-0.05, 0) is 30.7 Å². The topological polar surface area (TPSA) is 86.0 Å². The van der Waals surface area contributed by atoms with Crippen LogP contribution in [-0.4, -0.2) is 20.0 Å². The van der Waals surface area contributed by atoms with Crippen LogP contribution in [0.2, 0.25) is 0 Å². The van der Waals surface area contributed by atoms with Gasteiger partial charge in [0.2, 0.25) is 0 Å². The minimum absolute atomic E-state index is 0.188. The smallest absolute Gasteiger partial charge is 0.321 e. The molecule has 7 nitrogen and oxygen atoms in total. The minimum atomic E-state index is -0.517. The summed E-state index contributed by atoms with van der Waals surface area (Å²) in [6.07, 6.45) is 1.34. The molecule has 0 bridgehead atoms. The van der Waals surface area contributed by atoms with Crippen LogP contribution in [0.3, 0.4) is 0 Å². The van der Waals surface area contributed by atoms with E-state index >= 15 is 0 Å². The molecular weight excluding hydrogens is 327 g/mol. The molecule has 3 rings (SSSR count). The molecule has 2 heterocycles. The van der Waals surface area contributed by atoms with Crippen molar-refractivity contribution in [2.45, 2.75) is 6.92 Å². The van der Waals surface area contributed by atoms with Crippen molar-refractivity contribution in [3.8, 4) is 0 Å². The highest BCUT2D eigenvalue weighted by Crippen LogP contribution is 2.15. The molecule has 1 N–H and O–H groups in total. The van der Waals surface area contributed by atoms with E-state index in [2.05, 4.69) is 10.3 Å². The number of carbonyl (C=O) groups is 1. The van der Waals surface area contributed by atoms with Gasteiger partial charge in [0.1, 0.15) is 11.5 Å². The number of aromatic nitrogens is 3. The molecule has 25 heavy (non-hydrogen) atoms. The largest absolute Gasteiger partial charge is 0.332 e. The van der Waals surface area contributed by atoms with Crippen molar-refractivity contribution in [3.63, 3.8) is 0 Å². The summed E-state index contributed by atoms with van der Waals surface area (Å²) in [6, 6.07) is 5.36. The number of rotatable bonds is 2.